The minimum absolute atomic E-state index is 0.0101. The molecule has 1 heterocycles. The minimum atomic E-state index is -0.983. The zero-order valence-corrected chi connectivity index (χ0v) is 15.9. The van der Waals surface area contributed by atoms with Gasteiger partial charge in [0.05, 0.1) is 23.2 Å². The molecule has 2 aliphatic carbocycles. The summed E-state index contributed by atoms with van der Waals surface area (Å²) in [7, 11) is 1.64. The lowest BCUT2D eigenvalue weighted by Crippen LogP contribution is -2.43. The number of carbonyl (C=O) groups is 2. The summed E-state index contributed by atoms with van der Waals surface area (Å²) >= 11 is 5.77. The molecule has 1 aromatic carbocycles. The van der Waals surface area contributed by atoms with Gasteiger partial charge in [0, 0.05) is 18.9 Å². The fourth-order valence-electron chi connectivity index (χ4n) is 5.09. The topological polar surface area (TPSA) is 73.2 Å². The third-order valence-electron chi connectivity index (χ3n) is 6.71. The first-order valence-electron chi connectivity index (χ1n) is 9.26. The van der Waals surface area contributed by atoms with Crippen molar-refractivity contribution < 1.29 is 14.0 Å². The molecule has 3 atom stereocenters. The molecule has 27 heavy (non-hydrogen) atoms. The zero-order valence-electron chi connectivity index (χ0n) is 15.1. The number of likely N-dealkylation sites (tertiary alicyclic amines) is 1. The zero-order chi connectivity index (χ0) is 19.4. The minimum Gasteiger partial charge on any atom is -0.349 e. The normalized spacial score (nSPS) is 31.2. The van der Waals surface area contributed by atoms with Crippen molar-refractivity contribution in [1.29, 1.82) is 5.26 Å². The molecule has 2 amide bonds. The lowest BCUT2D eigenvalue weighted by atomic mass is 9.90. The Hall–Kier alpha value is -2.13. The van der Waals surface area contributed by atoms with E-state index in [9.17, 15) is 19.2 Å². The second-order valence-corrected chi connectivity index (χ2v) is 8.50. The van der Waals surface area contributed by atoms with Crippen LogP contribution >= 0.6 is 11.6 Å². The number of rotatable bonds is 3. The van der Waals surface area contributed by atoms with Gasteiger partial charge in [0.2, 0.25) is 11.8 Å². The molecular formula is C20H21ClFN3O2. The SMILES string of the molecule is CN1C(=O)C[C@H](NC(=O)[C@@]2(C#N)CC23CCCC3)[C@@H]1c1ccc(Cl)c(F)c1. The highest BCUT2D eigenvalue weighted by atomic mass is 35.5. The van der Waals surface area contributed by atoms with Crippen molar-refractivity contribution in [2.24, 2.45) is 10.8 Å². The van der Waals surface area contributed by atoms with Crippen LogP contribution in [0.2, 0.25) is 5.02 Å². The van der Waals surface area contributed by atoms with Crippen LogP contribution in [0.15, 0.2) is 18.2 Å². The van der Waals surface area contributed by atoms with Crippen molar-refractivity contribution >= 4 is 23.4 Å². The number of nitriles is 1. The Bertz CT molecular complexity index is 861. The van der Waals surface area contributed by atoms with Gasteiger partial charge in [0.1, 0.15) is 11.2 Å². The lowest BCUT2D eigenvalue weighted by molar-refractivity contribution is -0.127. The number of carbonyl (C=O) groups excluding carboxylic acids is 2. The molecule has 1 saturated heterocycles. The van der Waals surface area contributed by atoms with Gasteiger partial charge in [-0.05, 0) is 37.0 Å². The predicted molar refractivity (Wildman–Crippen MR) is 97.0 cm³/mol. The molecule has 1 spiro atoms. The highest BCUT2D eigenvalue weighted by molar-refractivity contribution is 6.30. The first kappa shape index (κ1) is 18.2. The summed E-state index contributed by atoms with van der Waals surface area (Å²) in [4.78, 5) is 26.8. The van der Waals surface area contributed by atoms with E-state index in [2.05, 4.69) is 11.4 Å². The molecule has 2 saturated carbocycles. The van der Waals surface area contributed by atoms with Crippen LogP contribution in [-0.4, -0.2) is 29.8 Å². The van der Waals surface area contributed by atoms with Crippen molar-refractivity contribution in [3.8, 4) is 6.07 Å². The Morgan fingerprint density at radius 2 is 2.11 bits per heavy atom. The number of nitrogens with zero attached hydrogens (tertiary/aromatic N) is 2. The first-order valence-corrected chi connectivity index (χ1v) is 9.64. The monoisotopic (exact) mass is 389 g/mol. The Morgan fingerprint density at radius 3 is 2.74 bits per heavy atom. The van der Waals surface area contributed by atoms with Crippen molar-refractivity contribution in [2.45, 2.75) is 50.6 Å². The van der Waals surface area contributed by atoms with Crippen LogP contribution < -0.4 is 5.32 Å². The average Bonchev–Trinajstić information content (AvgIpc) is 2.87. The number of likely N-dealkylation sites (N-methyl/N-ethyl adjacent to an activating group) is 1. The number of hydrogen-bond donors (Lipinski definition) is 1. The van der Waals surface area contributed by atoms with Gasteiger partial charge in [0.15, 0.2) is 0 Å². The van der Waals surface area contributed by atoms with Crippen molar-refractivity contribution in [3.63, 3.8) is 0 Å². The smallest absolute Gasteiger partial charge is 0.241 e. The fraction of sp³-hybridized carbons (Fsp3) is 0.550. The van der Waals surface area contributed by atoms with Crippen LogP contribution in [-0.2, 0) is 9.59 Å². The van der Waals surface area contributed by atoms with E-state index in [0.717, 1.165) is 25.7 Å². The van der Waals surface area contributed by atoms with E-state index < -0.39 is 23.3 Å². The van der Waals surface area contributed by atoms with Crippen molar-refractivity contribution in [1.82, 2.24) is 10.2 Å². The molecule has 1 N–H and O–H groups in total. The molecule has 1 aliphatic heterocycles. The van der Waals surface area contributed by atoms with E-state index in [1.807, 2.05) is 0 Å². The Balaban J connectivity index is 1.58. The molecule has 0 radical (unpaired) electrons. The van der Waals surface area contributed by atoms with Gasteiger partial charge < -0.3 is 10.2 Å². The quantitative estimate of drug-likeness (QED) is 0.861. The first-order chi connectivity index (χ1) is 12.8. The number of halogens is 2. The second kappa shape index (κ2) is 6.20. The summed E-state index contributed by atoms with van der Waals surface area (Å²) in [6, 6.07) is 5.70. The van der Waals surface area contributed by atoms with Crippen LogP contribution in [0.25, 0.3) is 0 Å². The van der Waals surface area contributed by atoms with Gasteiger partial charge >= 0.3 is 0 Å². The van der Waals surface area contributed by atoms with Crippen LogP contribution in [0.3, 0.4) is 0 Å². The molecule has 4 rings (SSSR count). The molecule has 1 aromatic rings. The van der Waals surface area contributed by atoms with E-state index in [-0.39, 0.29) is 28.7 Å². The fourth-order valence-corrected chi connectivity index (χ4v) is 5.21. The maximum absolute atomic E-state index is 13.9. The summed E-state index contributed by atoms with van der Waals surface area (Å²) in [6.45, 7) is 0. The maximum atomic E-state index is 13.9. The highest BCUT2D eigenvalue weighted by Gasteiger charge is 2.73. The largest absolute Gasteiger partial charge is 0.349 e. The van der Waals surface area contributed by atoms with Gasteiger partial charge in [-0.15, -0.1) is 0 Å². The summed E-state index contributed by atoms with van der Waals surface area (Å²) in [5, 5.41) is 12.7. The van der Waals surface area contributed by atoms with E-state index >= 15 is 0 Å². The molecule has 5 nitrogen and oxygen atoms in total. The Morgan fingerprint density at radius 1 is 1.41 bits per heavy atom. The van der Waals surface area contributed by atoms with Gasteiger partial charge in [-0.3, -0.25) is 9.59 Å². The number of amides is 2. The third-order valence-corrected chi connectivity index (χ3v) is 7.02. The Labute approximate surface area is 162 Å². The van der Waals surface area contributed by atoms with E-state index in [4.69, 9.17) is 11.6 Å². The molecule has 142 valence electrons. The summed E-state index contributed by atoms with van der Waals surface area (Å²) in [6.07, 6.45) is 4.64. The summed E-state index contributed by atoms with van der Waals surface area (Å²) < 4.78 is 13.9. The van der Waals surface area contributed by atoms with Crippen LogP contribution in [0.5, 0.6) is 0 Å². The molecule has 3 aliphatic rings. The predicted octanol–water partition coefficient (Wildman–Crippen LogP) is 3.34. The average molecular weight is 390 g/mol. The molecular weight excluding hydrogens is 369 g/mol. The van der Waals surface area contributed by atoms with Crippen molar-refractivity contribution in [3.05, 3.63) is 34.6 Å². The molecule has 3 fully saturated rings. The Kier molecular flexibility index (Phi) is 4.19. The number of nitrogens with one attached hydrogen (secondary N) is 1. The van der Waals surface area contributed by atoms with E-state index in [0.29, 0.717) is 12.0 Å². The number of hydrogen-bond acceptors (Lipinski definition) is 3. The molecule has 0 bridgehead atoms. The van der Waals surface area contributed by atoms with Gasteiger partial charge in [-0.25, -0.2) is 4.39 Å². The lowest BCUT2D eigenvalue weighted by Gasteiger charge is -2.27. The van der Waals surface area contributed by atoms with Crippen LogP contribution in [0.4, 0.5) is 4.39 Å². The maximum Gasteiger partial charge on any atom is 0.241 e. The van der Waals surface area contributed by atoms with E-state index in [1.165, 1.54) is 17.0 Å². The van der Waals surface area contributed by atoms with Gasteiger partial charge in [-0.1, -0.05) is 30.5 Å². The van der Waals surface area contributed by atoms with Crippen LogP contribution in [0.1, 0.15) is 50.1 Å². The van der Waals surface area contributed by atoms with Gasteiger partial charge in [-0.2, -0.15) is 5.26 Å². The summed E-state index contributed by atoms with van der Waals surface area (Å²) in [5.41, 5.74) is -0.598. The molecule has 0 aromatic heterocycles. The number of benzene rings is 1. The van der Waals surface area contributed by atoms with Gasteiger partial charge in [0.25, 0.3) is 0 Å². The second-order valence-electron chi connectivity index (χ2n) is 8.09. The van der Waals surface area contributed by atoms with Crippen molar-refractivity contribution in [2.75, 3.05) is 7.05 Å². The summed E-state index contributed by atoms with van der Waals surface area (Å²) in [5.74, 6) is -0.981. The molecule has 7 heteroatoms. The molecule has 0 unspecified atom stereocenters. The van der Waals surface area contributed by atoms with Crippen LogP contribution in [0, 0.1) is 28.0 Å². The third kappa shape index (κ3) is 2.63. The highest BCUT2D eigenvalue weighted by Crippen LogP contribution is 2.71. The standard InChI is InChI=1S/C20H21ClFN3O2/c1-25-16(26)9-15(17(25)12-4-5-13(21)14(22)8-12)24-18(27)20(11-23)10-19(20)6-2-3-7-19/h4-5,8,15,17H,2-3,6-7,9-10H2,1H3,(H,24,27)/t15-,17-,20-/m0/s1. The van der Waals surface area contributed by atoms with E-state index in [1.54, 1.807) is 13.1 Å².